The summed E-state index contributed by atoms with van der Waals surface area (Å²) in [5, 5.41) is 3.59. The Morgan fingerprint density at radius 1 is 1.28 bits per heavy atom. The average molecular weight is 254 g/mol. The lowest BCUT2D eigenvalue weighted by atomic mass is 9.70. The molecule has 108 valence electrons. The van der Waals surface area contributed by atoms with E-state index in [1.54, 1.807) is 0 Å². The molecule has 1 N–H and O–H groups in total. The van der Waals surface area contributed by atoms with E-state index in [0.29, 0.717) is 23.5 Å². The minimum absolute atomic E-state index is 0.420. The fraction of sp³-hybridized carbons (Fsp3) is 1.00. The van der Waals surface area contributed by atoms with Crippen LogP contribution in [0.1, 0.15) is 60.3 Å². The first-order chi connectivity index (χ1) is 8.29. The predicted octanol–water partition coefficient (Wildman–Crippen LogP) is 3.52. The van der Waals surface area contributed by atoms with Crippen molar-refractivity contribution in [1.29, 1.82) is 0 Å². The largest absolute Gasteiger partial charge is 0.315 e. The molecule has 1 aliphatic rings. The first-order valence-corrected chi connectivity index (χ1v) is 7.68. The Hall–Kier alpha value is -0.0800. The number of nitrogens with one attached hydrogen (secondary N) is 1. The Balaban J connectivity index is 2.73. The van der Waals surface area contributed by atoms with Gasteiger partial charge in [0.1, 0.15) is 0 Å². The van der Waals surface area contributed by atoms with Gasteiger partial charge in [-0.2, -0.15) is 0 Å². The SMILES string of the molecule is CNC1C(N(C)C(C)CC(C)C)CCCC1(C)C. The second-order valence-electron chi connectivity index (χ2n) is 7.36. The molecule has 3 unspecified atom stereocenters. The molecule has 0 aliphatic heterocycles. The van der Waals surface area contributed by atoms with Gasteiger partial charge < -0.3 is 5.32 Å². The number of hydrogen-bond acceptors (Lipinski definition) is 2. The highest BCUT2D eigenvalue weighted by Gasteiger charge is 2.40. The predicted molar refractivity (Wildman–Crippen MR) is 80.9 cm³/mol. The number of nitrogens with zero attached hydrogens (tertiary/aromatic N) is 1. The van der Waals surface area contributed by atoms with Crippen LogP contribution in [0.2, 0.25) is 0 Å². The van der Waals surface area contributed by atoms with Crippen molar-refractivity contribution in [3.63, 3.8) is 0 Å². The Morgan fingerprint density at radius 3 is 2.39 bits per heavy atom. The summed E-state index contributed by atoms with van der Waals surface area (Å²) in [4.78, 5) is 2.63. The van der Waals surface area contributed by atoms with Crippen LogP contribution in [0, 0.1) is 11.3 Å². The zero-order valence-electron chi connectivity index (χ0n) is 13.6. The zero-order chi connectivity index (χ0) is 13.9. The standard InChI is InChI=1S/C16H34N2/c1-12(2)11-13(3)18(7)14-9-8-10-16(4,5)15(14)17-6/h12-15,17H,8-11H2,1-7H3. The van der Waals surface area contributed by atoms with Gasteiger partial charge in [-0.3, -0.25) is 4.90 Å². The number of rotatable bonds is 5. The molecular formula is C16H34N2. The molecule has 18 heavy (non-hydrogen) atoms. The maximum absolute atomic E-state index is 3.59. The van der Waals surface area contributed by atoms with E-state index >= 15 is 0 Å². The van der Waals surface area contributed by atoms with E-state index in [9.17, 15) is 0 Å². The summed E-state index contributed by atoms with van der Waals surface area (Å²) < 4.78 is 0. The second kappa shape index (κ2) is 6.38. The van der Waals surface area contributed by atoms with Crippen LogP contribution in [-0.2, 0) is 0 Å². The molecule has 0 amide bonds. The van der Waals surface area contributed by atoms with E-state index in [1.807, 2.05) is 0 Å². The summed E-state index contributed by atoms with van der Waals surface area (Å²) in [6.07, 6.45) is 5.35. The van der Waals surface area contributed by atoms with Crippen molar-refractivity contribution >= 4 is 0 Å². The summed E-state index contributed by atoms with van der Waals surface area (Å²) in [5.74, 6) is 0.784. The van der Waals surface area contributed by atoms with Crippen LogP contribution in [0.25, 0.3) is 0 Å². The van der Waals surface area contributed by atoms with E-state index in [2.05, 4.69) is 58.9 Å². The van der Waals surface area contributed by atoms with Gasteiger partial charge in [0.15, 0.2) is 0 Å². The molecule has 1 fully saturated rings. The van der Waals surface area contributed by atoms with E-state index in [1.165, 1.54) is 25.7 Å². The molecule has 0 bridgehead atoms. The van der Waals surface area contributed by atoms with Crippen molar-refractivity contribution < 1.29 is 0 Å². The average Bonchev–Trinajstić information content (AvgIpc) is 2.25. The highest BCUT2D eigenvalue weighted by molar-refractivity contribution is 4.97. The fourth-order valence-corrected chi connectivity index (χ4v) is 3.81. The van der Waals surface area contributed by atoms with E-state index in [0.717, 1.165) is 5.92 Å². The Bertz CT molecular complexity index is 247. The molecule has 0 radical (unpaired) electrons. The van der Waals surface area contributed by atoms with Crippen molar-refractivity contribution in [2.45, 2.75) is 78.4 Å². The van der Waals surface area contributed by atoms with Crippen LogP contribution >= 0.6 is 0 Å². The molecule has 0 heterocycles. The lowest BCUT2D eigenvalue weighted by molar-refractivity contribution is 0.0425. The highest BCUT2D eigenvalue weighted by atomic mass is 15.2. The molecule has 0 aromatic heterocycles. The van der Waals surface area contributed by atoms with E-state index in [-0.39, 0.29) is 0 Å². The summed E-state index contributed by atoms with van der Waals surface area (Å²) in [6, 6.07) is 1.98. The van der Waals surface area contributed by atoms with Gasteiger partial charge >= 0.3 is 0 Å². The lowest BCUT2D eigenvalue weighted by Gasteiger charge is -2.49. The van der Waals surface area contributed by atoms with Gasteiger partial charge in [0.2, 0.25) is 0 Å². The molecule has 0 aromatic carbocycles. The van der Waals surface area contributed by atoms with Gasteiger partial charge in [-0.1, -0.05) is 34.1 Å². The smallest absolute Gasteiger partial charge is 0.0271 e. The highest BCUT2D eigenvalue weighted by Crippen LogP contribution is 2.38. The van der Waals surface area contributed by atoms with Gasteiger partial charge in [0, 0.05) is 18.1 Å². The van der Waals surface area contributed by atoms with Gasteiger partial charge in [-0.25, -0.2) is 0 Å². The van der Waals surface area contributed by atoms with Crippen LogP contribution < -0.4 is 5.32 Å². The minimum Gasteiger partial charge on any atom is -0.315 e. The molecule has 1 aliphatic carbocycles. The Labute approximate surface area is 115 Å². The molecule has 0 spiro atoms. The first kappa shape index (κ1) is 16.0. The van der Waals surface area contributed by atoms with Gasteiger partial charge in [0.25, 0.3) is 0 Å². The van der Waals surface area contributed by atoms with E-state index in [4.69, 9.17) is 0 Å². The lowest BCUT2D eigenvalue weighted by Crippen LogP contribution is -2.58. The minimum atomic E-state index is 0.420. The maximum Gasteiger partial charge on any atom is 0.0271 e. The zero-order valence-corrected chi connectivity index (χ0v) is 13.6. The van der Waals surface area contributed by atoms with Crippen LogP contribution in [0.15, 0.2) is 0 Å². The first-order valence-electron chi connectivity index (χ1n) is 7.68. The molecular weight excluding hydrogens is 220 g/mol. The third-order valence-electron chi connectivity index (χ3n) is 4.89. The third kappa shape index (κ3) is 3.71. The van der Waals surface area contributed by atoms with E-state index < -0.39 is 0 Å². The van der Waals surface area contributed by atoms with Crippen molar-refractivity contribution in [3.8, 4) is 0 Å². The Kier molecular flexibility index (Phi) is 5.67. The summed E-state index contributed by atoms with van der Waals surface area (Å²) in [6.45, 7) is 11.9. The van der Waals surface area contributed by atoms with Crippen molar-refractivity contribution in [3.05, 3.63) is 0 Å². The van der Waals surface area contributed by atoms with Gasteiger partial charge in [-0.15, -0.1) is 0 Å². The van der Waals surface area contributed by atoms with Crippen molar-refractivity contribution in [1.82, 2.24) is 10.2 Å². The molecule has 0 saturated heterocycles. The molecule has 2 nitrogen and oxygen atoms in total. The summed E-state index contributed by atoms with van der Waals surface area (Å²) in [5.41, 5.74) is 0.420. The van der Waals surface area contributed by atoms with Crippen LogP contribution in [0.4, 0.5) is 0 Å². The Morgan fingerprint density at radius 2 is 1.89 bits per heavy atom. The molecule has 3 atom stereocenters. The normalized spacial score (nSPS) is 29.8. The third-order valence-corrected chi connectivity index (χ3v) is 4.89. The second-order valence-corrected chi connectivity index (χ2v) is 7.36. The number of hydrogen-bond donors (Lipinski definition) is 1. The molecule has 2 heteroatoms. The van der Waals surface area contributed by atoms with Crippen LogP contribution in [0.3, 0.4) is 0 Å². The summed E-state index contributed by atoms with van der Waals surface area (Å²) in [7, 11) is 4.45. The summed E-state index contributed by atoms with van der Waals surface area (Å²) >= 11 is 0. The monoisotopic (exact) mass is 254 g/mol. The maximum atomic E-state index is 3.59. The van der Waals surface area contributed by atoms with Gasteiger partial charge in [-0.05, 0) is 51.6 Å². The van der Waals surface area contributed by atoms with Crippen molar-refractivity contribution in [2.24, 2.45) is 11.3 Å². The fourth-order valence-electron chi connectivity index (χ4n) is 3.81. The van der Waals surface area contributed by atoms with Gasteiger partial charge in [0.05, 0.1) is 0 Å². The van der Waals surface area contributed by atoms with Crippen LogP contribution in [-0.4, -0.2) is 37.1 Å². The van der Waals surface area contributed by atoms with Crippen molar-refractivity contribution in [2.75, 3.05) is 14.1 Å². The molecule has 1 rings (SSSR count). The number of likely N-dealkylation sites (N-methyl/N-ethyl adjacent to an activating group) is 2. The molecule has 1 saturated carbocycles. The van der Waals surface area contributed by atoms with Crippen LogP contribution in [0.5, 0.6) is 0 Å². The molecule has 0 aromatic rings. The topological polar surface area (TPSA) is 15.3 Å². The quantitative estimate of drug-likeness (QED) is 0.807.